The Hall–Kier alpha value is -3.91. The zero-order valence-electron chi connectivity index (χ0n) is 18.0. The van der Waals surface area contributed by atoms with Gasteiger partial charge >= 0.3 is 12.0 Å². The molecule has 0 saturated carbocycles. The Bertz CT molecular complexity index is 1170. The van der Waals surface area contributed by atoms with E-state index in [0.717, 1.165) is 21.9 Å². The first-order valence-electron chi connectivity index (χ1n) is 10.1. The first kappa shape index (κ1) is 22.8. The molecule has 3 rings (SSSR count). The van der Waals surface area contributed by atoms with Crippen LogP contribution in [0.4, 0.5) is 16.2 Å². The number of anilines is 2. The lowest BCUT2D eigenvalue weighted by atomic mass is 10.0. The minimum Gasteiger partial charge on any atom is -0.480 e. The van der Waals surface area contributed by atoms with Crippen LogP contribution in [0, 0.1) is 13.8 Å². The number of amides is 3. The van der Waals surface area contributed by atoms with Gasteiger partial charge in [0.2, 0.25) is 0 Å². The summed E-state index contributed by atoms with van der Waals surface area (Å²) in [5.41, 5.74) is 2.72. The maximum Gasteiger partial charge on any atom is 0.328 e. The van der Waals surface area contributed by atoms with Crippen LogP contribution < -0.4 is 16.0 Å². The molecule has 0 bridgehead atoms. The van der Waals surface area contributed by atoms with Crippen LogP contribution in [0.1, 0.15) is 28.4 Å². The van der Waals surface area contributed by atoms with Crippen LogP contribution in [-0.2, 0) is 4.79 Å². The number of aryl methyl sites for hydroxylation is 2. The third kappa shape index (κ3) is 5.04. The predicted octanol–water partition coefficient (Wildman–Crippen LogP) is 3.66. The fraction of sp³-hybridized carbons (Fsp3) is 0.208. The Balaban J connectivity index is 1.95. The smallest absolute Gasteiger partial charge is 0.328 e. The maximum atomic E-state index is 12.9. The summed E-state index contributed by atoms with van der Waals surface area (Å²) in [6.45, 7) is 5.02. The first-order chi connectivity index (χ1) is 15.2. The lowest BCUT2D eigenvalue weighted by molar-refractivity contribution is -0.141. The highest BCUT2D eigenvalue weighted by atomic mass is 16.4. The van der Waals surface area contributed by atoms with Crippen molar-refractivity contribution in [3.8, 4) is 0 Å². The van der Waals surface area contributed by atoms with Crippen LogP contribution in [0.15, 0.2) is 54.6 Å². The number of aliphatic hydroxyl groups excluding tert-OH is 1. The van der Waals surface area contributed by atoms with Crippen molar-refractivity contribution < 1.29 is 24.6 Å². The molecule has 8 heteroatoms. The van der Waals surface area contributed by atoms with E-state index in [1.807, 2.05) is 44.2 Å². The maximum absolute atomic E-state index is 12.9. The van der Waals surface area contributed by atoms with Crippen molar-refractivity contribution >= 4 is 40.1 Å². The minimum absolute atomic E-state index is 0.0762. The molecule has 0 radical (unpaired) electrons. The van der Waals surface area contributed by atoms with Crippen molar-refractivity contribution in [1.82, 2.24) is 5.32 Å². The van der Waals surface area contributed by atoms with Gasteiger partial charge in [0.05, 0.1) is 17.4 Å². The first-order valence-corrected chi connectivity index (χ1v) is 10.1. The van der Waals surface area contributed by atoms with E-state index in [4.69, 9.17) is 0 Å². The van der Waals surface area contributed by atoms with Crippen molar-refractivity contribution in [3.63, 3.8) is 0 Å². The number of aliphatic carboxylic acids is 1. The van der Waals surface area contributed by atoms with Crippen molar-refractivity contribution in [1.29, 1.82) is 0 Å². The fourth-order valence-electron chi connectivity index (χ4n) is 3.42. The van der Waals surface area contributed by atoms with E-state index in [0.29, 0.717) is 5.69 Å². The molecule has 3 aromatic rings. The number of hydrogen-bond acceptors (Lipinski definition) is 4. The van der Waals surface area contributed by atoms with E-state index in [-0.39, 0.29) is 11.3 Å². The number of carboxylic acids is 1. The normalized spacial score (nSPS) is 12.6. The molecule has 5 N–H and O–H groups in total. The number of hydrogen-bond donors (Lipinski definition) is 5. The van der Waals surface area contributed by atoms with Gasteiger partial charge in [-0.25, -0.2) is 9.59 Å². The zero-order chi connectivity index (χ0) is 23.4. The van der Waals surface area contributed by atoms with E-state index in [1.54, 1.807) is 24.3 Å². The standard InChI is InChI=1S/C24H25N3O5/c1-13-7-6-8-14(2)20(13)27-24(32)25-19-12-17-10-5-4-9-16(17)11-18(19)22(29)26-21(15(3)28)23(30)31/h4-12,15,21,28H,1-3H3,(H,26,29)(H,30,31)(H2,25,27,32)/t15?,21-/m0/s1. The van der Waals surface area contributed by atoms with Crippen LogP contribution in [0.25, 0.3) is 10.8 Å². The van der Waals surface area contributed by atoms with Gasteiger partial charge < -0.3 is 26.2 Å². The predicted molar refractivity (Wildman–Crippen MR) is 123 cm³/mol. The molecule has 0 heterocycles. The summed E-state index contributed by atoms with van der Waals surface area (Å²) in [6, 6.07) is 14.1. The molecule has 0 spiro atoms. The van der Waals surface area contributed by atoms with Gasteiger partial charge in [-0.3, -0.25) is 4.79 Å². The third-order valence-electron chi connectivity index (χ3n) is 5.13. The second-order valence-electron chi connectivity index (χ2n) is 7.62. The zero-order valence-corrected chi connectivity index (χ0v) is 18.0. The Kier molecular flexibility index (Phi) is 6.75. The molecule has 0 aliphatic heterocycles. The van der Waals surface area contributed by atoms with Crippen molar-refractivity contribution in [3.05, 3.63) is 71.3 Å². The van der Waals surface area contributed by atoms with E-state index in [2.05, 4.69) is 16.0 Å². The second kappa shape index (κ2) is 9.49. The van der Waals surface area contributed by atoms with E-state index >= 15 is 0 Å². The molecule has 3 amide bonds. The van der Waals surface area contributed by atoms with E-state index < -0.39 is 30.1 Å². The van der Waals surface area contributed by atoms with Crippen LogP contribution in [0.3, 0.4) is 0 Å². The second-order valence-corrected chi connectivity index (χ2v) is 7.62. The Morgan fingerprint density at radius 3 is 2.03 bits per heavy atom. The number of rotatable bonds is 6. The van der Waals surface area contributed by atoms with Crippen LogP contribution in [0.2, 0.25) is 0 Å². The quantitative estimate of drug-likeness (QED) is 0.404. The van der Waals surface area contributed by atoms with Gasteiger partial charge in [0.1, 0.15) is 0 Å². The summed E-state index contributed by atoms with van der Waals surface area (Å²) in [5.74, 6) is -2.09. The number of carbonyl (C=O) groups excluding carboxylic acids is 2. The Labute approximate surface area is 185 Å². The van der Waals surface area contributed by atoms with Crippen molar-refractivity contribution in [2.75, 3.05) is 10.6 Å². The summed E-state index contributed by atoms with van der Waals surface area (Å²) in [6.07, 6.45) is -1.30. The molecule has 0 saturated heterocycles. The Morgan fingerprint density at radius 1 is 0.875 bits per heavy atom. The highest BCUT2D eigenvalue weighted by molar-refractivity contribution is 6.10. The summed E-state index contributed by atoms with van der Waals surface area (Å²) < 4.78 is 0. The largest absolute Gasteiger partial charge is 0.480 e. The number of para-hydroxylation sites is 1. The lowest BCUT2D eigenvalue weighted by Gasteiger charge is -2.19. The molecule has 0 fully saturated rings. The van der Waals surface area contributed by atoms with Crippen molar-refractivity contribution in [2.45, 2.75) is 32.9 Å². The van der Waals surface area contributed by atoms with E-state index in [9.17, 15) is 24.6 Å². The number of carbonyl (C=O) groups is 3. The molecular formula is C24H25N3O5. The molecule has 1 unspecified atom stereocenters. The van der Waals surface area contributed by atoms with Crippen molar-refractivity contribution in [2.24, 2.45) is 0 Å². The number of nitrogens with one attached hydrogen (secondary N) is 3. The van der Waals surface area contributed by atoms with Crippen LogP contribution in [-0.4, -0.2) is 40.3 Å². The number of aliphatic hydroxyl groups is 1. The molecule has 166 valence electrons. The number of urea groups is 1. The molecule has 32 heavy (non-hydrogen) atoms. The number of fused-ring (bicyclic) bond motifs is 1. The highest BCUT2D eigenvalue weighted by Crippen LogP contribution is 2.26. The SMILES string of the molecule is Cc1cccc(C)c1NC(=O)Nc1cc2ccccc2cc1C(=O)N[C@H](C(=O)O)C(C)O. The summed E-state index contributed by atoms with van der Waals surface area (Å²) in [5, 5.41) is 28.3. The fourth-order valence-corrected chi connectivity index (χ4v) is 3.42. The minimum atomic E-state index is -1.50. The molecule has 0 aromatic heterocycles. The van der Waals surface area contributed by atoms with Gasteiger partial charge in [0.15, 0.2) is 6.04 Å². The topological polar surface area (TPSA) is 128 Å². The average molecular weight is 435 g/mol. The molecule has 0 aliphatic carbocycles. The van der Waals surface area contributed by atoms with Gasteiger partial charge in [-0.15, -0.1) is 0 Å². The monoisotopic (exact) mass is 435 g/mol. The molecule has 0 aliphatic rings. The molecule has 2 atom stereocenters. The van der Waals surface area contributed by atoms with Gasteiger partial charge in [0.25, 0.3) is 5.91 Å². The third-order valence-corrected chi connectivity index (χ3v) is 5.13. The van der Waals surface area contributed by atoms with Gasteiger partial charge in [0, 0.05) is 5.69 Å². The summed E-state index contributed by atoms with van der Waals surface area (Å²) in [7, 11) is 0. The van der Waals surface area contributed by atoms with E-state index in [1.165, 1.54) is 6.92 Å². The lowest BCUT2D eigenvalue weighted by Crippen LogP contribution is -2.47. The number of benzene rings is 3. The average Bonchev–Trinajstić information content (AvgIpc) is 2.73. The molecule has 3 aromatic carbocycles. The van der Waals surface area contributed by atoms with Crippen LogP contribution in [0.5, 0.6) is 0 Å². The van der Waals surface area contributed by atoms with Gasteiger partial charge in [-0.2, -0.15) is 0 Å². The van der Waals surface area contributed by atoms with Gasteiger partial charge in [-0.05, 0) is 54.8 Å². The summed E-state index contributed by atoms with van der Waals surface area (Å²) >= 11 is 0. The Morgan fingerprint density at radius 2 is 1.47 bits per heavy atom. The van der Waals surface area contributed by atoms with Crippen LogP contribution >= 0.6 is 0 Å². The molecule has 8 nitrogen and oxygen atoms in total. The number of carboxylic acid groups (broad SMARTS) is 1. The molecular weight excluding hydrogens is 410 g/mol. The van der Waals surface area contributed by atoms with Gasteiger partial charge in [-0.1, -0.05) is 42.5 Å². The summed E-state index contributed by atoms with van der Waals surface area (Å²) in [4.78, 5) is 37.1. The highest BCUT2D eigenvalue weighted by Gasteiger charge is 2.27.